The monoisotopic (exact) mass is 449 g/mol. The molecule has 0 radical (unpaired) electrons. The van der Waals surface area contributed by atoms with Crippen molar-refractivity contribution in [1.29, 1.82) is 0 Å². The van der Waals surface area contributed by atoms with Crippen molar-refractivity contribution < 1.29 is 13.2 Å². The van der Waals surface area contributed by atoms with E-state index in [1.165, 1.54) is 30.7 Å². The fraction of sp³-hybridized carbons (Fsp3) is 0.409. The molecule has 1 aliphatic rings. The third-order valence-corrected chi connectivity index (χ3v) is 6.85. The van der Waals surface area contributed by atoms with Crippen LogP contribution in [0.4, 0.5) is 11.4 Å². The quantitative estimate of drug-likeness (QED) is 0.695. The smallest absolute Gasteiger partial charge is 0.255 e. The molecule has 2 aromatic carbocycles. The minimum absolute atomic E-state index is 0.114. The van der Waals surface area contributed by atoms with Crippen molar-refractivity contribution >= 4 is 38.9 Å². The topological polar surface area (TPSA) is 78.5 Å². The van der Waals surface area contributed by atoms with Crippen molar-refractivity contribution in [3.8, 4) is 0 Å². The van der Waals surface area contributed by atoms with E-state index in [-0.39, 0.29) is 10.8 Å². The number of anilines is 2. The van der Waals surface area contributed by atoms with Gasteiger partial charge in [0.05, 0.1) is 15.6 Å². The Morgan fingerprint density at radius 1 is 1.00 bits per heavy atom. The first-order valence-electron chi connectivity index (χ1n) is 10.1. The number of piperidine rings is 1. The molecule has 0 atom stereocenters. The molecule has 0 unspecified atom stereocenters. The van der Waals surface area contributed by atoms with E-state index in [2.05, 4.69) is 14.9 Å². The number of carbonyl (C=O) groups excluding carboxylic acids is 1. The fourth-order valence-corrected chi connectivity index (χ4v) is 5.15. The van der Waals surface area contributed by atoms with Crippen molar-refractivity contribution in [2.45, 2.75) is 50.5 Å². The number of benzene rings is 2. The van der Waals surface area contributed by atoms with E-state index in [0.717, 1.165) is 31.6 Å². The van der Waals surface area contributed by atoms with Crippen LogP contribution in [0.15, 0.2) is 47.4 Å². The van der Waals surface area contributed by atoms with Crippen molar-refractivity contribution in [2.75, 3.05) is 23.3 Å². The minimum atomic E-state index is -3.64. The van der Waals surface area contributed by atoms with Gasteiger partial charge in [-0.3, -0.25) is 4.79 Å². The van der Waals surface area contributed by atoms with Gasteiger partial charge in [0.25, 0.3) is 5.91 Å². The molecule has 0 bridgehead atoms. The van der Waals surface area contributed by atoms with Crippen LogP contribution in [0.1, 0.15) is 50.4 Å². The summed E-state index contributed by atoms with van der Waals surface area (Å²) in [6.07, 6.45) is 3.56. The second-order valence-corrected chi connectivity index (χ2v) is 10.6. The van der Waals surface area contributed by atoms with Gasteiger partial charge in [-0.2, -0.15) is 0 Å². The van der Waals surface area contributed by atoms with Gasteiger partial charge in [0.15, 0.2) is 0 Å². The zero-order valence-electron chi connectivity index (χ0n) is 17.5. The van der Waals surface area contributed by atoms with Crippen molar-refractivity contribution in [2.24, 2.45) is 0 Å². The first-order valence-corrected chi connectivity index (χ1v) is 11.9. The van der Waals surface area contributed by atoms with Crippen molar-refractivity contribution in [3.63, 3.8) is 0 Å². The van der Waals surface area contributed by atoms with Crippen LogP contribution in [0.2, 0.25) is 5.02 Å². The summed E-state index contributed by atoms with van der Waals surface area (Å²) < 4.78 is 27.4. The molecule has 0 spiro atoms. The van der Waals surface area contributed by atoms with Crippen LogP contribution in [0.5, 0.6) is 0 Å². The van der Waals surface area contributed by atoms with Gasteiger partial charge in [0.1, 0.15) is 0 Å². The highest BCUT2D eigenvalue weighted by Crippen LogP contribution is 2.31. The molecule has 1 amide bonds. The molecule has 0 aromatic heterocycles. The standard InChI is InChI=1S/C22H28ClN3O3S/c1-22(2,3)25-30(28,29)18-10-7-16(8-11-18)21(27)24-17-9-12-20(19(23)15-17)26-13-5-4-6-14-26/h7-12,15,25H,4-6,13-14H2,1-3H3,(H,24,27). The second-order valence-electron chi connectivity index (χ2n) is 8.55. The van der Waals surface area contributed by atoms with Crippen molar-refractivity contribution in [3.05, 3.63) is 53.1 Å². The number of nitrogens with zero attached hydrogens (tertiary/aromatic N) is 1. The summed E-state index contributed by atoms with van der Waals surface area (Å²) in [4.78, 5) is 15.0. The molecule has 2 N–H and O–H groups in total. The molecule has 2 aromatic rings. The highest BCUT2D eigenvalue weighted by molar-refractivity contribution is 7.89. The van der Waals surface area contributed by atoms with Gasteiger partial charge in [-0.25, -0.2) is 13.1 Å². The first kappa shape index (κ1) is 22.6. The van der Waals surface area contributed by atoms with E-state index in [0.29, 0.717) is 16.3 Å². The van der Waals surface area contributed by atoms with E-state index < -0.39 is 15.6 Å². The number of carbonyl (C=O) groups is 1. The molecule has 1 aliphatic heterocycles. The van der Waals surface area contributed by atoms with E-state index in [1.54, 1.807) is 26.8 Å². The van der Waals surface area contributed by atoms with Crippen LogP contribution >= 0.6 is 11.6 Å². The summed E-state index contributed by atoms with van der Waals surface area (Å²) in [5, 5.41) is 3.42. The maximum Gasteiger partial charge on any atom is 0.255 e. The maximum atomic E-state index is 12.6. The Kier molecular flexibility index (Phi) is 6.75. The van der Waals surface area contributed by atoms with Gasteiger partial charge in [0, 0.05) is 29.9 Å². The highest BCUT2D eigenvalue weighted by atomic mass is 35.5. The Morgan fingerprint density at radius 3 is 2.20 bits per heavy atom. The SMILES string of the molecule is CC(C)(C)NS(=O)(=O)c1ccc(C(=O)Nc2ccc(N3CCCCC3)c(Cl)c2)cc1. The second kappa shape index (κ2) is 8.96. The molecule has 1 saturated heterocycles. The molecule has 3 rings (SSSR count). The van der Waals surface area contributed by atoms with Crippen LogP contribution in [0, 0.1) is 0 Å². The lowest BCUT2D eigenvalue weighted by Gasteiger charge is -2.29. The highest BCUT2D eigenvalue weighted by Gasteiger charge is 2.22. The molecule has 0 saturated carbocycles. The van der Waals surface area contributed by atoms with Gasteiger partial charge in [-0.15, -0.1) is 0 Å². The van der Waals surface area contributed by atoms with Gasteiger partial charge in [0.2, 0.25) is 10.0 Å². The largest absolute Gasteiger partial charge is 0.370 e. The molecular formula is C22H28ClN3O3S. The Bertz CT molecular complexity index is 1010. The number of amides is 1. The number of hydrogen-bond acceptors (Lipinski definition) is 4. The predicted molar refractivity (Wildman–Crippen MR) is 122 cm³/mol. The number of rotatable bonds is 5. The molecule has 0 aliphatic carbocycles. The van der Waals surface area contributed by atoms with Crippen LogP contribution in [0.3, 0.4) is 0 Å². The Balaban J connectivity index is 1.69. The molecule has 6 nitrogen and oxygen atoms in total. The average Bonchev–Trinajstić information content (AvgIpc) is 2.67. The van der Waals surface area contributed by atoms with Gasteiger partial charge >= 0.3 is 0 Å². The number of sulfonamides is 1. The van der Waals surface area contributed by atoms with Gasteiger partial charge in [-0.1, -0.05) is 11.6 Å². The summed E-state index contributed by atoms with van der Waals surface area (Å²) in [7, 11) is -3.64. The van der Waals surface area contributed by atoms with E-state index in [1.807, 2.05) is 12.1 Å². The van der Waals surface area contributed by atoms with E-state index in [4.69, 9.17) is 11.6 Å². The van der Waals surface area contributed by atoms with Crippen LogP contribution in [-0.2, 0) is 10.0 Å². The minimum Gasteiger partial charge on any atom is -0.370 e. The van der Waals surface area contributed by atoms with Crippen LogP contribution in [0.25, 0.3) is 0 Å². The van der Waals surface area contributed by atoms with Gasteiger partial charge < -0.3 is 10.2 Å². The predicted octanol–water partition coefficient (Wildman–Crippen LogP) is 4.66. The third kappa shape index (κ3) is 5.74. The summed E-state index contributed by atoms with van der Waals surface area (Å²) in [6, 6.07) is 11.4. The third-order valence-electron chi connectivity index (χ3n) is 4.77. The number of hydrogen-bond donors (Lipinski definition) is 2. The zero-order chi connectivity index (χ0) is 21.9. The summed E-state index contributed by atoms with van der Waals surface area (Å²) in [5.41, 5.74) is 1.35. The molecule has 8 heteroatoms. The number of nitrogens with one attached hydrogen (secondary N) is 2. The Labute approximate surface area is 183 Å². The lowest BCUT2D eigenvalue weighted by atomic mass is 10.1. The molecule has 162 valence electrons. The first-order chi connectivity index (χ1) is 14.0. The summed E-state index contributed by atoms with van der Waals surface area (Å²) in [6.45, 7) is 7.30. The Morgan fingerprint density at radius 2 is 1.63 bits per heavy atom. The lowest BCUT2D eigenvalue weighted by Crippen LogP contribution is -2.40. The average molecular weight is 450 g/mol. The number of halogens is 1. The van der Waals surface area contributed by atoms with E-state index >= 15 is 0 Å². The van der Waals surface area contributed by atoms with E-state index in [9.17, 15) is 13.2 Å². The fourth-order valence-electron chi connectivity index (χ4n) is 3.43. The van der Waals surface area contributed by atoms with Gasteiger partial charge in [-0.05, 0) is 82.5 Å². The van der Waals surface area contributed by atoms with Crippen molar-refractivity contribution in [1.82, 2.24) is 4.72 Å². The molecular weight excluding hydrogens is 422 g/mol. The normalized spacial score (nSPS) is 15.1. The molecule has 30 heavy (non-hydrogen) atoms. The molecule has 1 heterocycles. The lowest BCUT2D eigenvalue weighted by molar-refractivity contribution is 0.102. The molecule has 1 fully saturated rings. The zero-order valence-corrected chi connectivity index (χ0v) is 19.1. The van der Waals surface area contributed by atoms with Crippen LogP contribution < -0.4 is 14.9 Å². The summed E-state index contributed by atoms with van der Waals surface area (Å²) >= 11 is 6.45. The Hall–Kier alpha value is -2.09. The van der Waals surface area contributed by atoms with Crippen LogP contribution in [-0.4, -0.2) is 33.0 Å². The maximum absolute atomic E-state index is 12.6. The summed E-state index contributed by atoms with van der Waals surface area (Å²) in [5.74, 6) is -0.329.